The van der Waals surface area contributed by atoms with Gasteiger partial charge in [0, 0.05) is 6.61 Å². The Morgan fingerprint density at radius 2 is 2.44 bits per heavy atom. The Bertz CT molecular complexity index is 379. The number of nitrogens with zero attached hydrogens (tertiary/aromatic N) is 1. The molecule has 0 radical (unpaired) electrons. The first-order chi connectivity index (χ1) is 7.72. The second-order valence-corrected chi connectivity index (χ2v) is 3.90. The molecule has 1 atom stereocenters. The highest BCUT2D eigenvalue weighted by Gasteiger charge is 2.25. The number of aromatic nitrogens is 1. The fourth-order valence-corrected chi connectivity index (χ4v) is 1.89. The molecule has 5 heteroatoms. The highest BCUT2D eigenvalue weighted by Crippen LogP contribution is 2.26. The van der Waals surface area contributed by atoms with Gasteiger partial charge in [-0.05, 0) is 19.3 Å². The minimum atomic E-state index is -1.05. The molecule has 0 amide bonds. The molecule has 2 rings (SSSR count). The summed E-state index contributed by atoms with van der Waals surface area (Å²) in [5.41, 5.74) is 0.521. The number of carboxylic acids is 1. The third-order valence-electron chi connectivity index (χ3n) is 2.75. The van der Waals surface area contributed by atoms with Gasteiger partial charge in [-0.15, -0.1) is 0 Å². The summed E-state index contributed by atoms with van der Waals surface area (Å²) in [6.07, 6.45) is 2.48. The highest BCUT2D eigenvalue weighted by molar-refractivity contribution is 5.85. The molecule has 0 aromatic carbocycles. The number of carboxylic acid groups (broad SMARTS) is 1. The Morgan fingerprint density at radius 1 is 1.62 bits per heavy atom. The van der Waals surface area contributed by atoms with Crippen LogP contribution in [0.4, 0.5) is 0 Å². The third kappa shape index (κ3) is 2.09. The zero-order valence-corrected chi connectivity index (χ0v) is 9.23. The Labute approximate surface area is 93.4 Å². The lowest BCUT2D eigenvalue weighted by atomic mass is 10.0. The third-order valence-corrected chi connectivity index (χ3v) is 2.75. The molecule has 0 spiro atoms. The molecule has 0 aliphatic carbocycles. The molecule has 2 heterocycles. The lowest BCUT2D eigenvalue weighted by Gasteiger charge is -2.18. The number of hydrogen-bond acceptors (Lipinski definition) is 4. The van der Waals surface area contributed by atoms with E-state index in [1.54, 1.807) is 0 Å². The van der Waals surface area contributed by atoms with Crippen molar-refractivity contribution >= 4 is 5.97 Å². The minimum absolute atomic E-state index is 0.0249. The molecule has 1 N–H and O–H groups in total. The fraction of sp³-hybridized carbons (Fsp3) is 0.636. The van der Waals surface area contributed by atoms with Gasteiger partial charge in [-0.3, -0.25) is 0 Å². The van der Waals surface area contributed by atoms with Crippen LogP contribution < -0.4 is 0 Å². The Hall–Kier alpha value is -1.36. The zero-order valence-electron chi connectivity index (χ0n) is 9.23. The van der Waals surface area contributed by atoms with Crippen LogP contribution in [-0.4, -0.2) is 29.3 Å². The smallest absolute Gasteiger partial charge is 0.373 e. The monoisotopic (exact) mass is 225 g/mol. The van der Waals surface area contributed by atoms with E-state index in [0.29, 0.717) is 24.6 Å². The SMILES string of the molecule is CCc1nc(C2CCCOC2)oc1C(=O)O. The molecule has 1 aliphatic heterocycles. The number of aromatic carboxylic acids is 1. The van der Waals surface area contributed by atoms with Crippen LogP contribution in [0.2, 0.25) is 0 Å². The largest absolute Gasteiger partial charge is 0.475 e. The van der Waals surface area contributed by atoms with Crippen LogP contribution in [0.25, 0.3) is 0 Å². The lowest BCUT2D eigenvalue weighted by molar-refractivity contribution is 0.0625. The maximum Gasteiger partial charge on any atom is 0.373 e. The van der Waals surface area contributed by atoms with Gasteiger partial charge in [0.1, 0.15) is 0 Å². The van der Waals surface area contributed by atoms with Crippen molar-refractivity contribution in [1.82, 2.24) is 4.98 Å². The minimum Gasteiger partial charge on any atom is -0.475 e. The number of oxazole rings is 1. The van der Waals surface area contributed by atoms with Gasteiger partial charge in [0.15, 0.2) is 0 Å². The Morgan fingerprint density at radius 3 is 2.94 bits per heavy atom. The van der Waals surface area contributed by atoms with Crippen LogP contribution in [0.1, 0.15) is 47.8 Å². The maximum absolute atomic E-state index is 10.9. The summed E-state index contributed by atoms with van der Waals surface area (Å²) < 4.78 is 10.6. The van der Waals surface area contributed by atoms with Gasteiger partial charge in [-0.25, -0.2) is 9.78 Å². The van der Waals surface area contributed by atoms with E-state index in [1.165, 1.54) is 0 Å². The van der Waals surface area contributed by atoms with Gasteiger partial charge < -0.3 is 14.3 Å². The molecule has 1 aromatic rings. The van der Waals surface area contributed by atoms with E-state index < -0.39 is 5.97 Å². The maximum atomic E-state index is 10.9. The molecule has 5 nitrogen and oxygen atoms in total. The molecule has 88 valence electrons. The van der Waals surface area contributed by atoms with Crippen molar-refractivity contribution in [3.05, 3.63) is 17.3 Å². The van der Waals surface area contributed by atoms with Gasteiger partial charge >= 0.3 is 5.97 Å². The van der Waals surface area contributed by atoms with E-state index in [-0.39, 0.29) is 11.7 Å². The van der Waals surface area contributed by atoms with Crippen LogP contribution in [-0.2, 0) is 11.2 Å². The van der Waals surface area contributed by atoms with E-state index in [9.17, 15) is 4.79 Å². The van der Waals surface area contributed by atoms with Crippen LogP contribution in [0.3, 0.4) is 0 Å². The quantitative estimate of drug-likeness (QED) is 0.849. The van der Waals surface area contributed by atoms with Crippen molar-refractivity contribution in [3.63, 3.8) is 0 Å². The topological polar surface area (TPSA) is 72.6 Å². The summed E-state index contributed by atoms with van der Waals surface area (Å²) >= 11 is 0. The van der Waals surface area contributed by atoms with Crippen molar-refractivity contribution in [2.75, 3.05) is 13.2 Å². The van der Waals surface area contributed by atoms with Crippen molar-refractivity contribution < 1.29 is 19.1 Å². The first-order valence-corrected chi connectivity index (χ1v) is 5.53. The standard InChI is InChI=1S/C11H15NO4/c1-2-8-9(11(13)14)16-10(12-8)7-4-3-5-15-6-7/h7H,2-6H2,1H3,(H,13,14). The van der Waals surface area contributed by atoms with Crippen LogP contribution in [0, 0.1) is 0 Å². The molecule has 0 saturated carbocycles. The molecule has 1 aliphatic rings. The Balaban J connectivity index is 2.24. The van der Waals surface area contributed by atoms with E-state index >= 15 is 0 Å². The van der Waals surface area contributed by atoms with Crippen molar-refractivity contribution in [2.24, 2.45) is 0 Å². The number of hydrogen-bond donors (Lipinski definition) is 1. The summed E-state index contributed by atoms with van der Waals surface area (Å²) in [6.45, 7) is 3.21. The van der Waals surface area contributed by atoms with Crippen LogP contribution in [0.5, 0.6) is 0 Å². The van der Waals surface area contributed by atoms with Crippen molar-refractivity contribution in [2.45, 2.75) is 32.1 Å². The number of aryl methyl sites for hydroxylation is 1. The van der Waals surface area contributed by atoms with Gasteiger partial charge in [0.2, 0.25) is 11.7 Å². The second kappa shape index (κ2) is 4.65. The molecule has 1 saturated heterocycles. The van der Waals surface area contributed by atoms with E-state index in [4.69, 9.17) is 14.3 Å². The molecule has 0 bridgehead atoms. The van der Waals surface area contributed by atoms with Gasteiger partial charge in [0.25, 0.3) is 0 Å². The van der Waals surface area contributed by atoms with Crippen molar-refractivity contribution in [1.29, 1.82) is 0 Å². The molecule has 16 heavy (non-hydrogen) atoms. The molecule has 1 unspecified atom stereocenters. The normalized spacial score (nSPS) is 20.9. The number of carbonyl (C=O) groups is 1. The van der Waals surface area contributed by atoms with E-state index in [2.05, 4.69) is 4.98 Å². The average molecular weight is 225 g/mol. The molecular formula is C11H15NO4. The van der Waals surface area contributed by atoms with Gasteiger partial charge in [-0.2, -0.15) is 0 Å². The first kappa shape index (κ1) is 11.1. The van der Waals surface area contributed by atoms with Crippen LogP contribution in [0.15, 0.2) is 4.42 Å². The van der Waals surface area contributed by atoms with E-state index in [0.717, 1.165) is 19.4 Å². The summed E-state index contributed by atoms with van der Waals surface area (Å²) in [5.74, 6) is -0.462. The van der Waals surface area contributed by atoms with Crippen LogP contribution >= 0.6 is 0 Å². The van der Waals surface area contributed by atoms with Crippen molar-refractivity contribution in [3.8, 4) is 0 Å². The van der Waals surface area contributed by atoms with Gasteiger partial charge in [0.05, 0.1) is 18.2 Å². The highest BCUT2D eigenvalue weighted by atomic mass is 16.5. The average Bonchev–Trinajstić information content (AvgIpc) is 2.74. The predicted octanol–water partition coefficient (Wildman–Crippen LogP) is 1.83. The molecule has 1 fully saturated rings. The predicted molar refractivity (Wildman–Crippen MR) is 55.6 cm³/mol. The van der Waals surface area contributed by atoms with E-state index in [1.807, 2.05) is 6.92 Å². The Kier molecular flexibility index (Phi) is 3.24. The summed E-state index contributed by atoms with van der Waals surface area (Å²) in [7, 11) is 0. The summed E-state index contributed by atoms with van der Waals surface area (Å²) in [5, 5.41) is 8.94. The fourth-order valence-electron chi connectivity index (χ4n) is 1.89. The first-order valence-electron chi connectivity index (χ1n) is 5.53. The zero-order chi connectivity index (χ0) is 11.5. The second-order valence-electron chi connectivity index (χ2n) is 3.90. The van der Waals surface area contributed by atoms with Gasteiger partial charge in [-0.1, -0.05) is 6.92 Å². The summed E-state index contributed by atoms with van der Waals surface area (Å²) in [6, 6.07) is 0. The molecule has 1 aromatic heterocycles. The lowest BCUT2D eigenvalue weighted by Crippen LogP contribution is -2.15. The summed E-state index contributed by atoms with van der Waals surface area (Å²) in [4.78, 5) is 15.2. The number of rotatable bonds is 3. The number of ether oxygens (including phenoxy) is 1. The molecular weight excluding hydrogens is 210 g/mol.